The lowest BCUT2D eigenvalue weighted by Crippen LogP contribution is -2.66. The first-order valence-electron chi connectivity index (χ1n) is 9.30. The van der Waals surface area contributed by atoms with Gasteiger partial charge in [0.05, 0.1) is 0 Å². The summed E-state index contributed by atoms with van der Waals surface area (Å²) in [5.41, 5.74) is 0.980. The molecule has 4 rings (SSSR count). The largest absolute Gasteiger partial charge is 0.338 e. The van der Waals surface area contributed by atoms with Crippen molar-refractivity contribution in [1.29, 1.82) is 0 Å². The highest BCUT2D eigenvalue weighted by Gasteiger charge is 2.58. The highest BCUT2D eigenvalue weighted by molar-refractivity contribution is 6.41. The van der Waals surface area contributed by atoms with E-state index in [0.717, 1.165) is 11.1 Å². The van der Waals surface area contributed by atoms with Crippen molar-refractivity contribution < 1.29 is 18.8 Å². The van der Waals surface area contributed by atoms with Gasteiger partial charge in [0.1, 0.15) is 11.7 Å². The fourth-order valence-electron chi connectivity index (χ4n) is 4.49. The lowest BCUT2D eigenvalue weighted by Gasteiger charge is -2.50. The molecule has 6 heteroatoms. The first-order valence-corrected chi connectivity index (χ1v) is 9.30. The Balaban J connectivity index is 1.70. The number of likely N-dealkylation sites (tertiary alicyclic amines) is 2. The van der Waals surface area contributed by atoms with Gasteiger partial charge in [-0.15, -0.1) is 0 Å². The predicted molar refractivity (Wildman–Crippen MR) is 101 cm³/mol. The second-order valence-electron chi connectivity index (χ2n) is 7.62. The SMILES string of the molecule is CN1CC2(c3ccccc3)CCN(Cc3ccc(F)cc3)C(=O)C2C(=O)C1=O. The van der Waals surface area contributed by atoms with Crippen LogP contribution < -0.4 is 0 Å². The van der Waals surface area contributed by atoms with Gasteiger partial charge < -0.3 is 9.80 Å². The Kier molecular flexibility index (Phi) is 4.49. The molecule has 28 heavy (non-hydrogen) atoms. The van der Waals surface area contributed by atoms with Crippen molar-refractivity contribution in [3.8, 4) is 0 Å². The van der Waals surface area contributed by atoms with Gasteiger partial charge in [0.15, 0.2) is 0 Å². The number of nitrogens with zero attached hydrogens (tertiary/aromatic N) is 2. The quantitative estimate of drug-likeness (QED) is 0.606. The number of rotatable bonds is 3. The summed E-state index contributed by atoms with van der Waals surface area (Å²) < 4.78 is 13.2. The van der Waals surface area contributed by atoms with Gasteiger partial charge in [0.25, 0.3) is 5.91 Å². The van der Waals surface area contributed by atoms with Gasteiger partial charge in [0.2, 0.25) is 11.7 Å². The van der Waals surface area contributed by atoms with E-state index in [1.165, 1.54) is 17.0 Å². The van der Waals surface area contributed by atoms with Crippen molar-refractivity contribution in [3.63, 3.8) is 0 Å². The summed E-state index contributed by atoms with van der Waals surface area (Å²) in [5, 5.41) is 0. The number of halogens is 1. The number of likely N-dealkylation sites (N-methyl/N-ethyl adjacent to an activating group) is 1. The molecule has 0 radical (unpaired) electrons. The Labute approximate surface area is 162 Å². The summed E-state index contributed by atoms with van der Waals surface area (Å²) in [6.45, 7) is 1.09. The summed E-state index contributed by atoms with van der Waals surface area (Å²) in [5.74, 6) is -2.95. The molecule has 144 valence electrons. The van der Waals surface area contributed by atoms with Gasteiger partial charge in [-0.25, -0.2) is 4.39 Å². The van der Waals surface area contributed by atoms with E-state index in [0.29, 0.717) is 19.5 Å². The molecule has 0 aliphatic carbocycles. The van der Waals surface area contributed by atoms with Crippen molar-refractivity contribution in [1.82, 2.24) is 9.80 Å². The molecule has 0 bridgehead atoms. The normalized spacial score (nSPS) is 25.1. The smallest absolute Gasteiger partial charge is 0.290 e. The number of carbonyl (C=O) groups excluding carboxylic acids is 3. The minimum absolute atomic E-state index is 0.289. The van der Waals surface area contributed by atoms with Crippen molar-refractivity contribution in [2.24, 2.45) is 5.92 Å². The third-order valence-corrected chi connectivity index (χ3v) is 5.91. The number of benzene rings is 2. The summed E-state index contributed by atoms with van der Waals surface area (Å²) >= 11 is 0. The number of hydrogen-bond acceptors (Lipinski definition) is 3. The molecule has 0 N–H and O–H groups in total. The van der Waals surface area contributed by atoms with E-state index in [2.05, 4.69) is 0 Å². The topological polar surface area (TPSA) is 57.7 Å². The zero-order valence-electron chi connectivity index (χ0n) is 15.6. The van der Waals surface area contributed by atoms with E-state index in [-0.39, 0.29) is 18.3 Å². The molecule has 2 fully saturated rings. The van der Waals surface area contributed by atoms with Crippen LogP contribution in [0.4, 0.5) is 4.39 Å². The molecule has 5 nitrogen and oxygen atoms in total. The van der Waals surface area contributed by atoms with Gasteiger partial charge in [-0.2, -0.15) is 0 Å². The Morgan fingerprint density at radius 3 is 2.39 bits per heavy atom. The monoisotopic (exact) mass is 380 g/mol. The molecule has 2 aliphatic rings. The van der Waals surface area contributed by atoms with Gasteiger partial charge in [-0.3, -0.25) is 14.4 Å². The molecular weight excluding hydrogens is 359 g/mol. The Hall–Kier alpha value is -3.02. The molecule has 2 aromatic carbocycles. The van der Waals surface area contributed by atoms with Gasteiger partial charge >= 0.3 is 0 Å². The fourth-order valence-corrected chi connectivity index (χ4v) is 4.49. The third-order valence-electron chi connectivity index (χ3n) is 5.91. The Morgan fingerprint density at radius 2 is 1.71 bits per heavy atom. The van der Waals surface area contributed by atoms with E-state index >= 15 is 0 Å². The van der Waals surface area contributed by atoms with Gasteiger partial charge in [0, 0.05) is 32.1 Å². The number of carbonyl (C=O) groups is 3. The average molecular weight is 380 g/mol. The second kappa shape index (κ2) is 6.86. The molecule has 2 aliphatic heterocycles. The molecule has 2 heterocycles. The molecule has 2 saturated heterocycles. The standard InChI is InChI=1S/C22H21FN2O3/c1-24-14-22(16-5-3-2-4-6-16)11-12-25(13-15-7-9-17(23)10-8-15)20(27)18(22)19(26)21(24)28/h2-10,18H,11-14H2,1H3. The Morgan fingerprint density at radius 1 is 1.04 bits per heavy atom. The summed E-state index contributed by atoms with van der Waals surface area (Å²) in [6, 6.07) is 15.5. The number of amides is 2. The number of ketones is 1. The van der Waals surface area contributed by atoms with Crippen molar-refractivity contribution >= 4 is 17.6 Å². The predicted octanol–water partition coefficient (Wildman–Crippen LogP) is 2.15. The van der Waals surface area contributed by atoms with E-state index in [9.17, 15) is 18.8 Å². The number of piperidine rings is 2. The van der Waals surface area contributed by atoms with E-state index in [1.54, 1.807) is 24.1 Å². The molecule has 0 spiro atoms. The van der Waals surface area contributed by atoms with Crippen molar-refractivity contribution in [3.05, 3.63) is 71.5 Å². The minimum atomic E-state index is -1.02. The van der Waals surface area contributed by atoms with Gasteiger partial charge in [-0.05, 0) is 29.7 Å². The van der Waals surface area contributed by atoms with Crippen LogP contribution in [0, 0.1) is 11.7 Å². The van der Waals surface area contributed by atoms with Crippen molar-refractivity contribution in [2.75, 3.05) is 20.1 Å². The Bertz CT molecular complexity index is 929. The first kappa shape index (κ1) is 18.3. The maximum absolute atomic E-state index is 13.3. The lowest BCUT2D eigenvalue weighted by molar-refractivity contribution is -0.163. The summed E-state index contributed by atoms with van der Waals surface area (Å²) in [4.78, 5) is 41.6. The molecule has 2 amide bonds. The highest BCUT2D eigenvalue weighted by atomic mass is 19.1. The zero-order valence-corrected chi connectivity index (χ0v) is 15.6. The number of hydrogen-bond donors (Lipinski definition) is 0. The van der Waals surface area contributed by atoms with Crippen LogP contribution in [0.5, 0.6) is 0 Å². The molecule has 2 atom stereocenters. The van der Waals surface area contributed by atoms with Gasteiger partial charge in [-0.1, -0.05) is 42.5 Å². The van der Waals surface area contributed by atoms with Crippen LogP contribution in [0.3, 0.4) is 0 Å². The van der Waals surface area contributed by atoms with Crippen LogP contribution in [-0.2, 0) is 26.3 Å². The fraction of sp³-hybridized carbons (Fsp3) is 0.318. The maximum atomic E-state index is 13.3. The van der Waals surface area contributed by atoms with E-state index < -0.39 is 23.0 Å². The first-order chi connectivity index (χ1) is 13.4. The lowest BCUT2D eigenvalue weighted by atomic mass is 9.61. The highest BCUT2D eigenvalue weighted by Crippen LogP contribution is 2.44. The van der Waals surface area contributed by atoms with Crippen LogP contribution in [0.25, 0.3) is 0 Å². The second-order valence-corrected chi connectivity index (χ2v) is 7.62. The van der Waals surface area contributed by atoms with Crippen LogP contribution in [0.15, 0.2) is 54.6 Å². The van der Waals surface area contributed by atoms with Crippen LogP contribution in [-0.4, -0.2) is 47.5 Å². The summed E-state index contributed by atoms with van der Waals surface area (Å²) in [6.07, 6.45) is 0.581. The van der Waals surface area contributed by atoms with E-state index in [4.69, 9.17) is 0 Å². The maximum Gasteiger partial charge on any atom is 0.290 e. The van der Waals surface area contributed by atoms with E-state index in [1.807, 2.05) is 30.3 Å². The molecule has 0 saturated carbocycles. The molecular formula is C22H21FN2O3. The minimum Gasteiger partial charge on any atom is -0.338 e. The van der Waals surface area contributed by atoms with Crippen LogP contribution in [0.1, 0.15) is 17.5 Å². The number of fused-ring (bicyclic) bond motifs is 1. The van der Waals surface area contributed by atoms with Crippen molar-refractivity contribution in [2.45, 2.75) is 18.4 Å². The molecule has 0 aromatic heterocycles. The van der Waals surface area contributed by atoms with Crippen LogP contribution >= 0.6 is 0 Å². The zero-order chi connectivity index (χ0) is 19.9. The van der Waals surface area contributed by atoms with Crippen LogP contribution in [0.2, 0.25) is 0 Å². The molecule has 2 aromatic rings. The third kappa shape index (κ3) is 2.89. The molecule has 2 unspecified atom stereocenters. The average Bonchev–Trinajstić information content (AvgIpc) is 2.70. The number of Topliss-reactive ketones (excluding diaryl/α,β-unsaturated/α-hetero) is 1. The summed E-state index contributed by atoms with van der Waals surface area (Å²) in [7, 11) is 1.61.